The average molecular weight is 912 g/mol. The fraction of sp³-hybridized carbons (Fsp3) is 0.881. The monoisotopic (exact) mass is 912 g/mol. The zero-order valence-corrected chi connectivity index (χ0v) is 38.8. The van der Waals surface area contributed by atoms with Crippen LogP contribution in [0.1, 0.15) is 187 Å². The molecular formula is C42H79N3O14P2. The van der Waals surface area contributed by atoms with Crippen LogP contribution < -0.4 is 11.4 Å². The number of anilines is 1. The Morgan fingerprint density at radius 3 is 1.72 bits per heavy atom. The third kappa shape index (κ3) is 26.0. The van der Waals surface area contributed by atoms with Crippen molar-refractivity contribution < 1.29 is 61.5 Å². The zero-order chi connectivity index (χ0) is 44.8. The smallest absolute Gasteiger partial charge is 0.457 e. The summed E-state index contributed by atoms with van der Waals surface area (Å²) < 4.78 is 57.3. The van der Waals surface area contributed by atoms with Crippen LogP contribution in [-0.2, 0) is 41.5 Å². The molecule has 2 rings (SSSR count). The number of esters is 1. The average Bonchev–Trinajstić information content (AvgIpc) is 3.49. The van der Waals surface area contributed by atoms with Gasteiger partial charge in [-0.15, -0.1) is 0 Å². The molecular weight excluding hydrogens is 832 g/mol. The summed E-state index contributed by atoms with van der Waals surface area (Å²) >= 11 is 0. The standard InChI is InChI=1S/C42H79N3O14P2/c1-3-5-7-9-11-13-15-16-17-19-21-23-25-27-31-54-32-35(57-38(46)28-26-24-22-20-18-14-12-10-8-6-4-2)33-55-60(50,51)59-61(52,53)56-34-36-39(47)40(48)41(58-36)45-30-29-37(43)44-42(45)49/h29-30,35-36,39-41,47-48H,3-28,31-34H2,1-2H3,(H,50,51)(H,52,53)(H2,43,44,49)/t35?,36-,39-,40+,41-/m1/s1. The molecule has 19 heteroatoms. The first kappa shape index (κ1) is 55.4. The Morgan fingerprint density at radius 2 is 1.21 bits per heavy atom. The second kappa shape index (κ2) is 32.8. The van der Waals surface area contributed by atoms with Crippen LogP contribution in [0.15, 0.2) is 17.1 Å². The number of aliphatic hydroxyl groups is 2. The molecule has 1 saturated heterocycles. The van der Waals surface area contributed by atoms with Crippen LogP contribution in [0.5, 0.6) is 0 Å². The summed E-state index contributed by atoms with van der Waals surface area (Å²) in [6, 6.07) is 1.26. The van der Waals surface area contributed by atoms with Gasteiger partial charge in [0, 0.05) is 19.2 Å². The number of carbonyl (C=O) groups excluding carboxylic acids is 1. The van der Waals surface area contributed by atoms with E-state index in [0.29, 0.717) is 13.0 Å². The summed E-state index contributed by atoms with van der Waals surface area (Å²) in [6.45, 7) is 3.11. The van der Waals surface area contributed by atoms with Crippen LogP contribution in [0.4, 0.5) is 5.82 Å². The van der Waals surface area contributed by atoms with Crippen molar-refractivity contribution in [3.8, 4) is 0 Å². The second-order valence-corrected chi connectivity index (χ2v) is 19.3. The number of ether oxygens (including phenoxy) is 3. The van der Waals surface area contributed by atoms with Crippen molar-refractivity contribution in [1.29, 1.82) is 0 Å². The minimum absolute atomic E-state index is 0.0833. The van der Waals surface area contributed by atoms with Gasteiger partial charge in [0.25, 0.3) is 0 Å². The second-order valence-electron chi connectivity index (χ2n) is 16.3. The summed E-state index contributed by atoms with van der Waals surface area (Å²) in [6.07, 6.45) is 23.3. The van der Waals surface area contributed by atoms with Crippen LogP contribution >= 0.6 is 15.6 Å². The Hall–Kier alpha value is -1.75. The Kier molecular flexibility index (Phi) is 29.8. The van der Waals surface area contributed by atoms with Crippen LogP contribution in [0.2, 0.25) is 0 Å². The molecule has 1 aromatic heterocycles. The number of nitrogens with zero attached hydrogens (tertiary/aromatic N) is 2. The van der Waals surface area contributed by atoms with Crippen LogP contribution in [-0.4, -0.2) is 86.4 Å². The Balaban J connectivity index is 1.79. The molecule has 0 aromatic carbocycles. The van der Waals surface area contributed by atoms with E-state index in [1.54, 1.807) is 0 Å². The van der Waals surface area contributed by atoms with Gasteiger partial charge >= 0.3 is 27.3 Å². The van der Waals surface area contributed by atoms with Gasteiger partial charge in [0.1, 0.15) is 30.2 Å². The van der Waals surface area contributed by atoms with Crippen LogP contribution in [0.3, 0.4) is 0 Å². The minimum Gasteiger partial charge on any atom is -0.457 e. The van der Waals surface area contributed by atoms with Crippen LogP contribution in [0.25, 0.3) is 0 Å². The highest BCUT2D eigenvalue weighted by Crippen LogP contribution is 2.60. The molecule has 0 amide bonds. The number of rotatable bonds is 39. The SMILES string of the molecule is CCCCCCCCCCCCCCCCOCC(COP(=O)(O)OP(=O)(O)OC[C@H]1O[C@@H](n2ccc(N)nc2=O)[C@@H](O)[C@@H]1O)OC(=O)CCCCCCCCCCCCC. The van der Waals surface area contributed by atoms with Gasteiger partial charge in [-0.05, 0) is 18.9 Å². The first-order chi connectivity index (χ1) is 29.3. The van der Waals surface area contributed by atoms with E-state index in [1.165, 1.54) is 121 Å². The van der Waals surface area contributed by atoms with Crippen LogP contribution in [0, 0.1) is 0 Å². The highest BCUT2D eigenvalue weighted by molar-refractivity contribution is 7.61. The van der Waals surface area contributed by atoms with E-state index in [4.69, 9.17) is 29.0 Å². The van der Waals surface area contributed by atoms with Crippen molar-refractivity contribution in [1.82, 2.24) is 9.55 Å². The van der Waals surface area contributed by atoms with Crippen molar-refractivity contribution in [3.63, 3.8) is 0 Å². The van der Waals surface area contributed by atoms with E-state index in [0.717, 1.165) is 49.5 Å². The largest absolute Gasteiger partial charge is 0.481 e. The van der Waals surface area contributed by atoms with E-state index in [9.17, 15) is 38.7 Å². The zero-order valence-electron chi connectivity index (χ0n) is 37.0. The molecule has 0 radical (unpaired) electrons. The normalized spacial score (nSPS) is 20.4. The fourth-order valence-corrected chi connectivity index (χ4v) is 9.26. The molecule has 1 aromatic rings. The van der Waals surface area contributed by atoms with Crippen molar-refractivity contribution in [2.45, 2.75) is 211 Å². The van der Waals surface area contributed by atoms with Crippen molar-refractivity contribution >= 4 is 27.4 Å². The summed E-state index contributed by atoms with van der Waals surface area (Å²) in [7, 11) is -10.6. The molecule has 1 fully saturated rings. The maximum Gasteiger partial charge on any atom is 0.481 e. The van der Waals surface area contributed by atoms with Gasteiger partial charge < -0.3 is 39.9 Å². The molecule has 17 nitrogen and oxygen atoms in total. The molecule has 2 heterocycles. The number of hydrogen-bond donors (Lipinski definition) is 5. The Bertz CT molecular complexity index is 1460. The lowest BCUT2D eigenvalue weighted by molar-refractivity contribution is -0.154. The molecule has 356 valence electrons. The number of phosphoric ester groups is 2. The summed E-state index contributed by atoms with van der Waals surface area (Å²) in [5, 5.41) is 20.9. The topological polar surface area (TPSA) is 248 Å². The maximum absolute atomic E-state index is 12.8. The minimum atomic E-state index is -5.35. The molecule has 1 aliphatic rings. The molecule has 61 heavy (non-hydrogen) atoms. The van der Waals surface area contributed by atoms with Gasteiger partial charge in [0.2, 0.25) is 0 Å². The lowest BCUT2D eigenvalue weighted by Gasteiger charge is -2.21. The number of carbonyl (C=O) groups is 1. The fourth-order valence-electron chi connectivity index (χ4n) is 7.15. The molecule has 7 atom stereocenters. The lowest BCUT2D eigenvalue weighted by atomic mass is 10.0. The van der Waals surface area contributed by atoms with E-state index in [-0.39, 0.29) is 18.8 Å². The van der Waals surface area contributed by atoms with E-state index >= 15 is 0 Å². The van der Waals surface area contributed by atoms with Gasteiger partial charge in [-0.1, -0.05) is 162 Å². The summed E-state index contributed by atoms with van der Waals surface area (Å²) in [5.74, 6) is -0.609. The number of phosphoric acid groups is 2. The number of aromatic nitrogens is 2. The number of nitrogens with two attached hydrogens (primary N) is 1. The maximum atomic E-state index is 12.8. The van der Waals surface area contributed by atoms with Gasteiger partial charge in [0.15, 0.2) is 6.23 Å². The predicted octanol–water partition coefficient (Wildman–Crippen LogP) is 8.81. The molecule has 0 aliphatic carbocycles. The quantitative estimate of drug-likeness (QED) is 0.0235. The van der Waals surface area contributed by atoms with E-state index < -0.39 is 71.2 Å². The third-order valence-corrected chi connectivity index (χ3v) is 13.3. The summed E-state index contributed by atoms with van der Waals surface area (Å²) in [4.78, 5) is 49.1. The summed E-state index contributed by atoms with van der Waals surface area (Å²) in [5.41, 5.74) is 4.61. The molecule has 0 saturated carbocycles. The van der Waals surface area contributed by atoms with E-state index in [1.807, 2.05) is 0 Å². The molecule has 0 bridgehead atoms. The highest BCUT2D eigenvalue weighted by Gasteiger charge is 2.46. The molecule has 3 unspecified atom stereocenters. The first-order valence-electron chi connectivity index (χ1n) is 23.1. The molecule has 6 N–H and O–H groups in total. The number of nitrogen functional groups attached to an aromatic ring is 1. The lowest BCUT2D eigenvalue weighted by Crippen LogP contribution is -2.36. The Labute approximate surface area is 364 Å². The number of hydrogen-bond acceptors (Lipinski definition) is 14. The van der Waals surface area contributed by atoms with E-state index in [2.05, 4.69) is 23.1 Å². The van der Waals surface area contributed by atoms with Gasteiger partial charge in [-0.25, -0.2) is 13.9 Å². The molecule has 0 spiro atoms. The third-order valence-electron chi connectivity index (χ3n) is 10.7. The van der Waals surface area contributed by atoms with Gasteiger partial charge in [0.05, 0.1) is 19.8 Å². The van der Waals surface area contributed by atoms with Crippen molar-refractivity contribution in [3.05, 3.63) is 22.7 Å². The van der Waals surface area contributed by atoms with Crippen molar-refractivity contribution in [2.75, 3.05) is 32.2 Å². The van der Waals surface area contributed by atoms with Crippen molar-refractivity contribution in [2.24, 2.45) is 0 Å². The van der Waals surface area contributed by atoms with Gasteiger partial charge in [-0.2, -0.15) is 9.29 Å². The van der Waals surface area contributed by atoms with Gasteiger partial charge in [-0.3, -0.25) is 18.4 Å². The Morgan fingerprint density at radius 1 is 0.738 bits per heavy atom. The molecule has 1 aliphatic heterocycles. The number of unbranched alkanes of at least 4 members (excludes halogenated alkanes) is 23. The predicted molar refractivity (Wildman–Crippen MR) is 234 cm³/mol. The first-order valence-corrected chi connectivity index (χ1v) is 26.1. The number of aliphatic hydroxyl groups excluding tert-OH is 2. The highest BCUT2D eigenvalue weighted by atomic mass is 31.3.